The summed E-state index contributed by atoms with van der Waals surface area (Å²) in [5.41, 5.74) is 4.18. The lowest BCUT2D eigenvalue weighted by atomic mass is 9.96. The molecule has 94 valence electrons. The van der Waals surface area contributed by atoms with Crippen LogP contribution in [-0.4, -0.2) is 30.6 Å². The first-order valence-corrected chi connectivity index (χ1v) is 6.81. The number of hydrogen-bond donors (Lipinski definition) is 1. The van der Waals surface area contributed by atoms with Crippen molar-refractivity contribution in [2.45, 2.75) is 39.7 Å². The summed E-state index contributed by atoms with van der Waals surface area (Å²) in [5.74, 6) is 0. The van der Waals surface area contributed by atoms with Crippen LogP contribution in [0.2, 0.25) is 0 Å². The monoisotopic (exact) mass is 232 g/mol. The summed E-state index contributed by atoms with van der Waals surface area (Å²) < 4.78 is 0. The maximum absolute atomic E-state index is 3.70. The first kappa shape index (κ1) is 12.4. The third kappa shape index (κ3) is 3.01. The van der Waals surface area contributed by atoms with Crippen LogP contribution in [0.1, 0.15) is 31.4 Å². The lowest BCUT2D eigenvalue weighted by Gasteiger charge is -2.31. The molecule has 0 saturated heterocycles. The molecule has 1 atom stereocenters. The highest BCUT2D eigenvalue weighted by Gasteiger charge is 2.18. The van der Waals surface area contributed by atoms with E-state index < -0.39 is 0 Å². The van der Waals surface area contributed by atoms with E-state index in [9.17, 15) is 0 Å². The highest BCUT2D eigenvalue weighted by molar-refractivity contribution is 5.55. The molecular formula is C15H24N2. The van der Waals surface area contributed by atoms with Crippen molar-refractivity contribution in [3.05, 3.63) is 29.3 Å². The second-order valence-corrected chi connectivity index (χ2v) is 5.03. The van der Waals surface area contributed by atoms with E-state index in [2.05, 4.69) is 49.2 Å². The zero-order valence-corrected chi connectivity index (χ0v) is 11.3. The lowest BCUT2D eigenvalue weighted by Crippen LogP contribution is -2.38. The summed E-state index contributed by atoms with van der Waals surface area (Å²) in [6.45, 7) is 10.1. The number of aryl methyl sites for hydroxylation is 2. The Bertz CT molecular complexity index is 369. The van der Waals surface area contributed by atoms with E-state index >= 15 is 0 Å². The Morgan fingerprint density at radius 2 is 2.06 bits per heavy atom. The number of benzene rings is 1. The Hall–Kier alpha value is -1.02. The van der Waals surface area contributed by atoms with E-state index in [1.54, 1.807) is 0 Å². The van der Waals surface area contributed by atoms with Gasteiger partial charge in [-0.3, -0.25) is 0 Å². The molecule has 1 aliphatic rings. The number of anilines is 1. The summed E-state index contributed by atoms with van der Waals surface area (Å²) >= 11 is 0. The number of likely N-dealkylation sites (N-methyl/N-ethyl adjacent to an activating group) is 1. The van der Waals surface area contributed by atoms with Crippen molar-refractivity contribution in [2.24, 2.45) is 0 Å². The zero-order chi connectivity index (χ0) is 12.3. The van der Waals surface area contributed by atoms with Gasteiger partial charge in [-0.25, -0.2) is 0 Å². The molecule has 0 aliphatic carbocycles. The fraction of sp³-hybridized carbons (Fsp3) is 0.600. The summed E-state index contributed by atoms with van der Waals surface area (Å²) in [5, 5.41) is 3.70. The highest BCUT2D eigenvalue weighted by atomic mass is 15.1. The Labute approximate surface area is 105 Å². The van der Waals surface area contributed by atoms with Crippen molar-refractivity contribution in [1.29, 1.82) is 0 Å². The second-order valence-electron chi connectivity index (χ2n) is 5.03. The molecule has 0 spiro atoms. The summed E-state index contributed by atoms with van der Waals surface area (Å²) in [6.07, 6.45) is 2.47. The van der Waals surface area contributed by atoms with Crippen LogP contribution in [0.25, 0.3) is 0 Å². The van der Waals surface area contributed by atoms with Gasteiger partial charge in [-0.05, 0) is 50.0 Å². The predicted molar refractivity (Wildman–Crippen MR) is 74.7 cm³/mol. The molecule has 0 radical (unpaired) electrons. The smallest absolute Gasteiger partial charge is 0.0391 e. The van der Waals surface area contributed by atoms with Crippen LogP contribution in [0.5, 0.6) is 0 Å². The molecule has 2 nitrogen and oxygen atoms in total. The molecule has 2 rings (SSSR count). The fourth-order valence-corrected chi connectivity index (χ4v) is 2.59. The average Bonchev–Trinajstić information content (AvgIpc) is 2.35. The van der Waals surface area contributed by atoms with E-state index in [-0.39, 0.29) is 0 Å². The molecule has 0 bridgehead atoms. The van der Waals surface area contributed by atoms with Gasteiger partial charge in [0, 0.05) is 18.3 Å². The highest BCUT2D eigenvalue weighted by Crippen LogP contribution is 2.26. The van der Waals surface area contributed by atoms with Crippen molar-refractivity contribution in [2.75, 3.05) is 25.0 Å². The molecule has 1 unspecified atom stereocenters. The minimum absolute atomic E-state index is 0.615. The Morgan fingerprint density at radius 3 is 2.76 bits per heavy atom. The van der Waals surface area contributed by atoms with Crippen molar-refractivity contribution in [1.82, 2.24) is 4.90 Å². The molecule has 2 heteroatoms. The Morgan fingerprint density at radius 1 is 1.29 bits per heavy atom. The van der Waals surface area contributed by atoms with Crippen LogP contribution < -0.4 is 5.32 Å². The summed E-state index contributed by atoms with van der Waals surface area (Å²) in [4.78, 5) is 2.50. The van der Waals surface area contributed by atoms with Crippen LogP contribution >= 0.6 is 0 Å². The van der Waals surface area contributed by atoms with Gasteiger partial charge in [0.15, 0.2) is 0 Å². The topological polar surface area (TPSA) is 15.3 Å². The number of hydrogen-bond acceptors (Lipinski definition) is 2. The molecule has 1 heterocycles. The van der Waals surface area contributed by atoms with E-state index in [0.29, 0.717) is 6.04 Å². The van der Waals surface area contributed by atoms with Crippen LogP contribution in [0.4, 0.5) is 5.69 Å². The third-order valence-corrected chi connectivity index (χ3v) is 3.76. The van der Waals surface area contributed by atoms with Gasteiger partial charge in [-0.2, -0.15) is 0 Å². The molecule has 1 aromatic rings. The van der Waals surface area contributed by atoms with Gasteiger partial charge in [-0.1, -0.05) is 26.0 Å². The van der Waals surface area contributed by atoms with Gasteiger partial charge in [0.25, 0.3) is 0 Å². The zero-order valence-electron chi connectivity index (χ0n) is 11.3. The molecule has 0 amide bonds. The van der Waals surface area contributed by atoms with Crippen LogP contribution in [0.3, 0.4) is 0 Å². The van der Waals surface area contributed by atoms with Gasteiger partial charge in [0.05, 0.1) is 0 Å². The minimum atomic E-state index is 0.615. The quantitative estimate of drug-likeness (QED) is 0.858. The van der Waals surface area contributed by atoms with Crippen LogP contribution in [-0.2, 0) is 6.42 Å². The number of nitrogens with zero attached hydrogens (tertiary/aromatic N) is 1. The van der Waals surface area contributed by atoms with Gasteiger partial charge in [0.2, 0.25) is 0 Å². The van der Waals surface area contributed by atoms with E-state index in [0.717, 1.165) is 13.1 Å². The Balaban J connectivity index is 2.02. The number of rotatable bonds is 4. The van der Waals surface area contributed by atoms with Crippen LogP contribution in [0, 0.1) is 6.92 Å². The van der Waals surface area contributed by atoms with Crippen molar-refractivity contribution in [3.8, 4) is 0 Å². The van der Waals surface area contributed by atoms with Crippen molar-refractivity contribution < 1.29 is 0 Å². The fourth-order valence-electron chi connectivity index (χ4n) is 2.59. The summed E-state index contributed by atoms with van der Waals surface area (Å²) in [7, 11) is 0. The van der Waals surface area contributed by atoms with E-state index in [4.69, 9.17) is 0 Å². The van der Waals surface area contributed by atoms with E-state index in [1.165, 1.54) is 36.2 Å². The SMILES string of the molecule is CCN(CC)CC1CCc2ccc(C)cc2N1. The minimum Gasteiger partial charge on any atom is -0.381 e. The van der Waals surface area contributed by atoms with Gasteiger partial charge in [0.1, 0.15) is 0 Å². The predicted octanol–water partition coefficient (Wildman–Crippen LogP) is 3.06. The maximum Gasteiger partial charge on any atom is 0.0391 e. The first-order valence-electron chi connectivity index (χ1n) is 6.81. The van der Waals surface area contributed by atoms with Gasteiger partial charge >= 0.3 is 0 Å². The molecular weight excluding hydrogens is 208 g/mol. The molecule has 17 heavy (non-hydrogen) atoms. The second kappa shape index (κ2) is 5.54. The standard InChI is InChI=1S/C15H24N2/c1-4-17(5-2)11-14-9-8-13-7-6-12(3)10-15(13)16-14/h6-7,10,14,16H,4-5,8-9,11H2,1-3H3. The van der Waals surface area contributed by atoms with Crippen molar-refractivity contribution in [3.63, 3.8) is 0 Å². The molecule has 1 N–H and O–H groups in total. The number of fused-ring (bicyclic) bond motifs is 1. The van der Waals surface area contributed by atoms with E-state index in [1.807, 2.05) is 0 Å². The number of nitrogens with one attached hydrogen (secondary N) is 1. The molecule has 0 fully saturated rings. The normalized spacial score (nSPS) is 18.9. The average molecular weight is 232 g/mol. The third-order valence-electron chi connectivity index (χ3n) is 3.76. The molecule has 0 aromatic heterocycles. The summed E-state index contributed by atoms with van der Waals surface area (Å²) in [6, 6.07) is 7.38. The molecule has 0 saturated carbocycles. The maximum atomic E-state index is 3.70. The molecule has 1 aliphatic heterocycles. The van der Waals surface area contributed by atoms with Gasteiger partial charge < -0.3 is 10.2 Å². The lowest BCUT2D eigenvalue weighted by molar-refractivity contribution is 0.283. The Kier molecular flexibility index (Phi) is 4.06. The first-order chi connectivity index (χ1) is 8.22. The van der Waals surface area contributed by atoms with Crippen molar-refractivity contribution >= 4 is 5.69 Å². The molecule has 1 aromatic carbocycles. The largest absolute Gasteiger partial charge is 0.381 e. The van der Waals surface area contributed by atoms with Crippen LogP contribution in [0.15, 0.2) is 18.2 Å². The van der Waals surface area contributed by atoms with Gasteiger partial charge in [-0.15, -0.1) is 0 Å².